The minimum atomic E-state index is 0.509. The van der Waals surface area contributed by atoms with Gasteiger partial charge in [-0.3, -0.25) is 0 Å². The summed E-state index contributed by atoms with van der Waals surface area (Å²) in [6, 6.07) is 0. The van der Waals surface area contributed by atoms with E-state index in [1.165, 1.54) is 45.1 Å². The molecule has 0 aliphatic heterocycles. The average Bonchev–Trinajstić information content (AvgIpc) is 2.37. The fourth-order valence-corrected chi connectivity index (χ4v) is 2.83. The molecule has 0 amide bonds. The lowest BCUT2D eigenvalue weighted by molar-refractivity contribution is 0.0818. The highest BCUT2D eigenvalue weighted by molar-refractivity contribution is 4.72. The summed E-state index contributed by atoms with van der Waals surface area (Å²) in [4.78, 5) is 0. The summed E-state index contributed by atoms with van der Waals surface area (Å²) < 4.78 is 5.55. The van der Waals surface area contributed by atoms with Gasteiger partial charge in [-0.25, -0.2) is 0 Å². The van der Waals surface area contributed by atoms with E-state index >= 15 is 0 Å². The molecule has 1 rings (SSSR count). The van der Waals surface area contributed by atoms with Gasteiger partial charge in [-0.1, -0.05) is 26.7 Å². The van der Waals surface area contributed by atoms with Crippen molar-refractivity contribution < 1.29 is 4.74 Å². The van der Waals surface area contributed by atoms with Crippen LogP contribution < -0.4 is 5.32 Å². The molecule has 1 aliphatic rings. The molecule has 0 aromatic carbocycles. The molecule has 0 radical (unpaired) electrons. The summed E-state index contributed by atoms with van der Waals surface area (Å²) >= 11 is 0. The predicted octanol–water partition coefficient (Wildman–Crippen LogP) is 3.22. The Kier molecular flexibility index (Phi) is 7.06. The van der Waals surface area contributed by atoms with E-state index in [-0.39, 0.29) is 0 Å². The minimum absolute atomic E-state index is 0.509. The summed E-state index contributed by atoms with van der Waals surface area (Å²) in [5, 5.41) is 3.50. The van der Waals surface area contributed by atoms with Crippen LogP contribution in [0, 0.1) is 11.8 Å². The Hall–Kier alpha value is -0.0800. The molecule has 0 aromatic rings. The van der Waals surface area contributed by atoms with E-state index in [4.69, 9.17) is 4.74 Å². The first kappa shape index (κ1) is 14.0. The number of nitrogens with one attached hydrogen (secondary N) is 1. The van der Waals surface area contributed by atoms with Crippen molar-refractivity contribution in [2.24, 2.45) is 11.8 Å². The van der Waals surface area contributed by atoms with Crippen LogP contribution in [0.2, 0.25) is 0 Å². The van der Waals surface area contributed by atoms with Gasteiger partial charge in [0.25, 0.3) is 0 Å². The van der Waals surface area contributed by atoms with Crippen LogP contribution in [0.3, 0.4) is 0 Å². The lowest BCUT2D eigenvalue weighted by Gasteiger charge is -2.20. The molecule has 96 valence electrons. The molecule has 2 nitrogen and oxygen atoms in total. The first-order valence-electron chi connectivity index (χ1n) is 6.99. The molecular formula is C14H29NO. The van der Waals surface area contributed by atoms with Gasteiger partial charge < -0.3 is 10.1 Å². The zero-order valence-corrected chi connectivity index (χ0v) is 11.3. The molecule has 3 unspecified atom stereocenters. The third kappa shape index (κ3) is 5.31. The van der Waals surface area contributed by atoms with E-state index in [0.29, 0.717) is 6.10 Å². The molecule has 0 aromatic heterocycles. The number of hydrogen-bond acceptors (Lipinski definition) is 2. The molecule has 1 aliphatic carbocycles. The Bertz CT molecular complexity index is 172. The van der Waals surface area contributed by atoms with Gasteiger partial charge in [0.2, 0.25) is 0 Å². The molecule has 0 spiro atoms. The standard InChI is InChI=1S/C14H29NO/c1-4-15-11-13-8-9-14(16-3)7-5-6-12(2)10-13/h12-15H,4-11H2,1-3H3. The van der Waals surface area contributed by atoms with E-state index in [1.807, 2.05) is 7.11 Å². The Labute approximate surface area is 101 Å². The van der Waals surface area contributed by atoms with E-state index in [1.54, 1.807) is 0 Å². The van der Waals surface area contributed by atoms with Crippen molar-refractivity contribution in [1.29, 1.82) is 0 Å². The molecule has 0 saturated heterocycles. The van der Waals surface area contributed by atoms with Crippen molar-refractivity contribution in [2.75, 3.05) is 20.2 Å². The van der Waals surface area contributed by atoms with Gasteiger partial charge in [0.1, 0.15) is 0 Å². The van der Waals surface area contributed by atoms with Crippen molar-refractivity contribution in [2.45, 2.75) is 58.5 Å². The van der Waals surface area contributed by atoms with Crippen LogP contribution in [0.5, 0.6) is 0 Å². The van der Waals surface area contributed by atoms with Gasteiger partial charge >= 0.3 is 0 Å². The monoisotopic (exact) mass is 227 g/mol. The SMILES string of the molecule is CCNCC1CCC(OC)CCCC(C)C1. The highest BCUT2D eigenvalue weighted by atomic mass is 16.5. The van der Waals surface area contributed by atoms with Crippen molar-refractivity contribution >= 4 is 0 Å². The Morgan fingerprint density at radius 1 is 1.19 bits per heavy atom. The molecule has 2 heteroatoms. The van der Waals surface area contributed by atoms with Crippen molar-refractivity contribution in [3.8, 4) is 0 Å². The Morgan fingerprint density at radius 2 is 2.00 bits per heavy atom. The molecule has 0 bridgehead atoms. The Morgan fingerprint density at radius 3 is 2.69 bits per heavy atom. The van der Waals surface area contributed by atoms with Gasteiger partial charge in [0, 0.05) is 7.11 Å². The highest BCUT2D eigenvalue weighted by Gasteiger charge is 2.18. The van der Waals surface area contributed by atoms with Crippen LogP contribution in [-0.2, 0) is 4.74 Å². The first-order valence-corrected chi connectivity index (χ1v) is 6.99. The lowest BCUT2D eigenvalue weighted by atomic mass is 9.90. The summed E-state index contributed by atoms with van der Waals surface area (Å²) in [7, 11) is 1.87. The second-order valence-electron chi connectivity index (χ2n) is 5.38. The van der Waals surface area contributed by atoms with Crippen LogP contribution in [0.25, 0.3) is 0 Å². The summed E-state index contributed by atoms with van der Waals surface area (Å²) in [6.07, 6.45) is 8.46. The van der Waals surface area contributed by atoms with E-state index in [2.05, 4.69) is 19.2 Å². The zero-order valence-electron chi connectivity index (χ0n) is 11.3. The maximum absolute atomic E-state index is 5.55. The predicted molar refractivity (Wildman–Crippen MR) is 69.7 cm³/mol. The largest absolute Gasteiger partial charge is 0.381 e. The first-order chi connectivity index (χ1) is 7.76. The molecule has 1 fully saturated rings. The molecule has 0 heterocycles. The maximum atomic E-state index is 5.55. The molecule has 16 heavy (non-hydrogen) atoms. The van der Waals surface area contributed by atoms with Gasteiger partial charge in [-0.2, -0.15) is 0 Å². The molecule has 1 saturated carbocycles. The fourth-order valence-electron chi connectivity index (χ4n) is 2.83. The maximum Gasteiger partial charge on any atom is 0.0571 e. The summed E-state index contributed by atoms with van der Waals surface area (Å²) in [5.41, 5.74) is 0. The second kappa shape index (κ2) is 8.08. The molecular weight excluding hydrogens is 198 g/mol. The lowest BCUT2D eigenvalue weighted by Crippen LogP contribution is -2.24. The second-order valence-corrected chi connectivity index (χ2v) is 5.38. The summed E-state index contributed by atoms with van der Waals surface area (Å²) in [6.45, 7) is 6.89. The van der Waals surface area contributed by atoms with Crippen LogP contribution >= 0.6 is 0 Å². The average molecular weight is 227 g/mol. The third-order valence-corrected chi connectivity index (χ3v) is 3.87. The van der Waals surface area contributed by atoms with E-state index < -0.39 is 0 Å². The number of methoxy groups -OCH3 is 1. The fraction of sp³-hybridized carbons (Fsp3) is 1.00. The van der Waals surface area contributed by atoms with Gasteiger partial charge in [-0.05, 0) is 50.6 Å². The van der Waals surface area contributed by atoms with E-state index in [9.17, 15) is 0 Å². The zero-order chi connectivity index (χ0) is 11.8. The number of hydrogen-bond donors (Lipinski definition) is 1. The third-order valence-electron chi connectivity index (χ3n) is 3.87. The molecule has 1 N–H and O–H groups in total. The van der Waals surface area contributed by atoms with Crippen molar-refractivity contribution in [3.05, 3.63) is 0 Å². The highest BCUT2D eigenvalue weighted by Crippen LogP contribution is 2.26. The topological polar surface area (TPSA) is 21.3 Å². The van der Waals surface area contributed by atoms with Crippen LogP contribution in [0.15, 0.2) is 0 Å². The number of ether oxygens (including phenoxy) is 1. The van der Waals surface area contributed by atoms with Crippen molar-refractivity contribution in [3.63, 3.8) is 0 Å². The minimum Gasteiger partial charge on any atom is -0.381 e. The van der Waals surface area contributed by atoms with Crippen LogP contribution in [-0.4, -0.2) is 26.3 Å². The Balaban J connectivity index is 2.41. The quantitative estimate of drug-likeness (QED) is 0.796. The van der Waals surface area contributed by atoms with Gasteiger partial charge in [-0.15, -0.1) is 0 Å². The van der Waals surface area contributed by atoms with Gasteiger partial charge in [0.15, 0.2) is 0 Å². The van der Waals surface area contributed by atoms with Gasteiger partial charge in [0.05, 0.1) is 6.10 Å². The molecule has 3 atom stereocenters. The van der Waals surface area contributed by atoms with E-state index in [0.717, 1.165) is 18.4 Å². The van der Waals surface area contributed by atoms with Crippen molar-refractivity contribution in [1.82, 2.24) is 5.32 Å². The summed E-state index contributed by atoms with van der Waals surface area (Å²) in [5.74, 6) is 1.74. The van der Waals surface area contributed by atoms with Crippen LogP contribution in [0.1, 0.15) is 52.4 Å². The van der Waals surface area contributed by atoms with Crippen LogP contribution in [0.4, 0.5) is 0 Å². The number of rotatable bonds is 4. The normalized spacial score (nSPS) is 32.8. The smallest absolute Gasteiger partial charge is 0.0571 e.